The molecule has 2 rings (SSSR count). The minimum absolute atomic E-state index is 0.0211. The largest absolute Gasteiger partial charge is 0.493 e. The van der Waals surface area contributed by atoms with Crippen molar-refractivity contribution in [2.45, 2.75) is 11.8 Å². The third-order valence-electron chi connectivity index (χ3n) is 3.81. The van der Waals surface area contributed by atoms with Crippen LogP contribution in [0, 0.1) is 0 Å². The van der Waals surface area contributed by atoms with Gasteiger partial charge in [0.05, 0.1) is 32.1 Å². The van der Waals surface area contributed by atoms with Crippen molar-refractivity contribution in [1.82, 2.24) is 0 Å². The van der Waals surface area contributed by atoms with Crippen LogP contribution in [-0.4, -0.2) is 42.3 Å². The predicted molar refractivity (Wildman–Crippen MR) is 105 cm³/mol. The number of sulfonamides is 1. The first kappa shape index (κ1) is 21.0. The minimum atomic E-state index is -3.88. The van der Waals surface area contributed by atoms with Crippen LogP contribution in [-0.2, 0) is 14.8 Å². The molecule has 0 heterocycles. The van der Waals surface area contributed by atoms with E-state index in [1.165, 1.54) is 39.5 Å². The van der Waals surface area contributed by atoms with Gasteiger partial charge in [-0.05, 0) is 53.2 Å². The molecule has 0 atom stereocenters. The Morgan fingerprint density at radius 3 is 2.30 bits per heavy atom. The molecule has 0 aromatic heterocycles. The van der Waals surface area contributed by atoms with Gasteiger partial charge in [-0.2, -0.15) is 0 Å². The molecule has 0 N–H and O–H groups in total. The Morgan fingerprint density at radius 1 is 1.07 bits per heavy atom. The van der Waals surface area contributed by atoms with E-state index in [4.69, 9.17) is 14.2 Å². The van der Waals surface area contributed by atoms with Gasteiger partial charge >= 0.3 is 5.97 Å². The van der Waals surface area contributed by atoms with Crippen molar-refractivity contribution in [1.29, 1.82) is 0 Å². The van der Waals surface area contributed by atoms with Gasteiger partial charge in [-0.15, -0.1) is 0 Å². The average molecular weight is 458 g/mol. The predicted octanol–water partition coefficient (Wildman–Crippen LogP) is 3.47. The Labute approximate surface area is 167 Å². The van der Waals surface area contributed by atoms with E-state index in [0.29, 0.717) is 17.2 Å². The summed E-state index contributed by atoms with van der Waals surface area (Å²) >= 11 is 3.24. The van der Waals surface area contributed by atoms with Gasteiger partial charge in [0, 0.05) is 17.6 Å². The van der Waals surface area contributed by atoms with Crippen LogP contribution >= 0.6 is 15.9 Å². The fourth-order valence-electron chi connectivity index (χ4n) is 2.36. The smallest absolute Gasteiger partial charge is 0.338 e. The standard InChI is InChI=1S/C18H20BrNO6S/c1-5-26-18(21)12-6-9-17(14(19)10-12)27(22,23)20(2)13-7-8-15(24-3)16(11-13)25-4/h6-11H,5H2,1-4H3. The van der Waals surface area contributed by atoms with Gasteiger partial charge in [0.15, 0.2) is 11.5 Å². The van der Waals surface area contributed by atoms with Crippen molar-refractivity contribution in [3.05, 3.63) is 46.4 Å². The van der Waals surface area contributed by atoms with Crippen LogP contribution in [0.1, 0.15) is 17.3 Å². The van der Waals surface area contributed by atoms with Crippen molar-refractivity contribution in [3.8, 4) is 11.5 Å². The molecular formula is C18H20BrNO6S. The first-order valence-corrected chi connectivity index (χ1v) is 10.2. The molecule has 0 aliphatic rings. The number of anilines is 1. The number of rotatable bonds is 7. The van der Waals surface area contributed by atoms with E-state index in [2.05, 4.69) is 15.9 Å². The summed E-state index contributed by atoms with van der Waals surface area (Å²) in [6, 6.07) is 9.00. The van der Waals surface area contributed by atoms with E-state index in [0.717, 1.165) is 4.31 Å². The summed E-state index contributed by atoms with van der Waals surface area (Å²) in [5.41, 5.74) is 0.658. The Bertz CT molecular complexity index is 945. The Hall–Kier alpha value is -2.26. The second kappa shape index (κ2) is 8.62. The van der Waals surface area contributed by atoms with Gasteiger partial charge in [-0.3, -0.25) is 4.31 Å². The first-order chi connectivity index (χ1) is 12.8. The minimum Gasteiger partial charge on any atom is -0.493 e. The summed E-state index contributed by atoms with van der Waals surface area (Å²) in [6.07, 6.45) is 0. The molecule has 0 saturated carbocycles. The Morgan fingerprint density at radius 2 is 1.74 bits per heavy atom. The van der Waals surface area contributed by atoms with Crippen LogP contribution in [0.25, 0.3) is 0 Å². The third kappa shape index (κ3) is 4.36. The van der Waals surface area contributed by atoms with Gasteiger partial charge in [-0.25, -0.2) is 13.2 Å². The number of methoxy groups -OCH3 is 2. The van der Waals surface area contributed by atoms with Crippen molar-refractivity contribution in [2.75, 3.05) is 32.2 Å². The lowest BCUT2D eigenvalue weighted by Gasteiger charge is -2.21. The van der Waals surface area contributed by atoms with E-state index >= 15 is 0 Å². The highest BCUT2D eigenvalue weighted by Gasteiger charge is 2.25. The zero-order valence-electron chi connectivity index (χ0n) is 15.4. The van der Waals surface area contributed by atoms with E-state index in [9.17, 15) is 13.2 Å². The topological polar surface area (TPSA) is 82.1 Å². The van der Waals surface area contributed by atoms with Gasteiger partial charge in [0.1, 0.15) is 4.90 Å². The lowest BCUT2D eigenvalue weighted by atomic mass is 10.2. The van der Waals surface area contributed by atoms with Crippen LogP contribution in [0.5, 0.6) is 11.5 Å². The Kier molecular flexibility index (Phi) is 6.72. The molecule has 0 spiro atoms. The molecule has 2 aromatic carbocycles. The summed E-state index contributed by atoms with van der Waals surface area (Å²) in [6.45, 7) is 1.93. The van der Waals surface area contributed by atoms with E-state index in [-0.39, 0.29) is 21.5 Å². The van der Waals surface area contributed by atoms with Gasteiger partial charge < -0.3 is 14.2 Å². The molecule has 0 bridgehead atoms. The summed E-state index contributed by atoms with van der Waals surface area (Å²) in [4.78, 5) is 11.8. The maximum atomic E-state index is 13.0. The van der Waals surface area contributed by atoms with Crippen LogP contribution in [0.15, 0.2) is 45.8 Å². The second-order valence-electron chi connectivity index (χ2n) is 5.38. The summed E-state index contributed by atoms with van der Waals surface area (Å²) in [5, 5.41) is 0. The molecule has 0 unspecified atom stereocenters. The summed E-state index contributed by atoms with van der Waals surface area (Å²) < 4.78 is 42.8. The fourth-order valence-corrected chi connectivity index (χ4v) is 4.58. The molecule has 7 nitrogen and oxygen atoms in total. The van der Waals surface area contributed by atoms with Gasteiger partial charge in [0.25, 0.3) is 10.0 Å². The number of halogens is 1. The fraction of sp³-hybridized carbons (Fsp3) is 0.278. The van der Waals surface area contributed by atoms with Gasteiger partial charge in [-0.1, -0.05) is 0 Å². The number of carbonyl (C=O) groups excluding carboxylic acids is 1. The van der Waals surface area contributed by atoms with Gasteiger partial charge in [0.2, 0.25) is 0 Å². The van der Waals surface area contributed by atoms with Crippen LogP contribution in [0.4, 0.5) is 5.69 Å². The summed E-state index contributed by atoms with van der Waals surface area (Å²) in [5.74, 6) is 0.385. The molecule has 146 valence electrons. The molecule has 2 aromatic rings. The molecular weight excluding hydrogens is 438 g/mol. The number of hydrogen-bond acceptors (Lipinski definition) is 6. The van der Waals surface area contributed by atoms with Crippen LogP contribution in [0.2, 0.25) is 0 Å². The molecule has 0 fully saturated rings. The highest BCUT2D eigenvalue weighted by Crippen LogP contribution is 2.34. The number of hydrogen-bond donors (Lipinski definition) is 0. The SMILES string of the molecule is CCOC(=O)c1ccc(S(=O)(=O)N(C)c2ccc(OC)c(OC)c2)c(Br)c1. The Balaban J connectivity index is 2.42. The normalized spacial score (nSPS) is 11.0. The number of carbonyl (C=O) groups is 1. The maximum Gasteiger partial charge on any atom is 0.338 e. The van der Waals surface area contributed by atoms with Crippen molar-refractivity contribution >= 4 is 37.6 Å². The maximum absolute atomic E-state index is 13.0. The number of benzene rings is 2. The molecule has 0 aliphatic heterocycles. The lowest BCUT2D eigenvalue weighted by molar-refractivity contribution is 0.0526. The van der Waals surface area contributed by atoms with Crippen molar-refractivity contribution in [3.63, 3.8) is 0 Å². The lowest BCUT2D eigenvalue weighted by Crippen LogP contribution is -2.27. The molecule has 27 heavy (non-hydrogen) atoms. The zero-order chi connectivity index (χ0) is 20.2. The molecule has 9 heteroatoms. The number of nitrogens with zero attached hydrogens (tertiary/aromatic N) is 1. The molecule has 0 saturated heterocycles. The summed E-state index contributed by atoms with van der Waals surface area (Å²) in [7, 11) is 0.522. The van der Waals surface area contributed by atoms with Crippen LogP contribution in [0.3, 0.4) is 0 Å². The monoisotopic (exact) mass is 457 g/mol. The number of esters is 1. The third-order valence-corrected chi connectivity index (χ3v) is 6.57. The van der Waals surface area contributed by atoms with E-state index in [1.807, 2.05) is 0 Å². The number of ether oxygens (including phenoxy) is 3. The van der Waals surface area contributed by atoms with E-state index < -0.39 is 16.0 Å². The molecule has 0 aliphatic carbocycles. The quantitative estimate of drug-likeness (QED) is 0.591. The average Bonchev–Trinajstić information content (AvgIpc) is 2.66. The highest BCUT2D eigenvalue weighted by atomic mass is 79.9. The molecule has 0 radical (unpaired) electrons. The van der Waals surface area contributed by atoms with E-state index in [1.54, 1.807) is 25.1 Å². The zero-order valence-corrected chi connectivity index (χ0v) is 17.8. The van der Waals surface area contributed by atoms with Crippen LogP contribution < -0.4 is 13.8 Å². The first-order valence-electron chi connectivity index (χ1n) is 7.93. The second-order valence-corrected chi connectivity index (χ2v) is 8.17. The molecule has 0 amide bonds. The highest BCUT2D eigenvalue weighted by molar-refractivity contribution is 9.10. The van der Waals surface area contributed by atoms with Crippen molar-refractivity contribution < 1.29 is 27.4 Å². The van der Waals surface area contributed by atoms with Crippen molar-refractivity contribution in [2.24, 2.45) is 0 Å².